The highest BCUT2D eigenvalue weighted by Crippen LogP contribution is 2.37. The van der Waals surface area contributed by atoms with E-state index in [0.717, 1.165) is 27.5 Å². The minimum Gasteiger partial charge on any atom is -0.197 e. The van der Waals surface area contributed by atoms with Crippen LogP contribution < -0.4 is 0 Å². The van der Waals surface area contributed by atoms with Gasteiger partial charge in [0.1, 0.15) is 5.41 Å². The van der Waals surface area contributed by atoms with Crippen molar-refractivity contribution in [3.05, 3.63) is 71.8 Å². The normalized spacial score (nSPS) is 15.0. The van der Waals surface area contributed by atoms with E-state index in [0.29, 0.717) is 5.92 Å². The first-order valence-electron chi connectivity index (χ1n) is 8.95. The highest BCUT2D eigenvalue weighted by atomic mass is 32.2. The van der Waals surface area contributed by atoms with E-state index in [9.17, 15) is 5.26 Å². The van der Waals surface area contributed by atoms with Crippen LogP contribution in [0.4, 0.5) is 0 Å². The van der Waals surface area contributed by atoms with Gasteiger partial charge in [0.25, 0.3) is 0 Å². The first-order chi connectivity index (χ1) is 12.3. The van der Waals surface area contributed by atoms with E-state index in [-0.39, 0.29) is 0 Å². The van der Waals surface area contributed by atoms with Crippen molar-refractivity contribution in [3.63, 3.8) is 0 Å². The minimum absolute atomic E-state index is 0.602. The van der Waals surface area contributed by atoms with Crippen molar-refractivity contribution in [2.75, 3.05) is 5.75 Å². The van der Waals surface area contributed by atoms with Crippen LogP contribution in [0.3, 0.4) is 0 Å². The fourth-order valence-electron chi connectivity index (χ4n) is 3.67. The van der Waals surface area contributed by atoms with Crippen LogP contribution in [0.15, 0.2) is 60.7 Å². The average Bonchev–Trinajstić information content (AvgIpc) is 3.22. The van der Waals surface area contributed by atoms with Gasteiger partial charge in [-0.1, -0.05) is 85.7 Å². The van der Waals surface area contributed by atoms with Gasteiger partial charge in [0.15, 0.2) is 0 Å². The molecule has 0 radical (unpaired) electrons. The number of nitriles is 1. The van der Waals surface area contributed by atoms with Crippen LogP contribution in [0, 0.1) is 17.2 Å². The Balaban J connectivity index is 1.80. The SMILES string of the molecule is N#CC(CCSC(=S)C1CCCC1)(c1ccccc1)c1ccccc1. The molecule has 0 amide bonds. The van der Waals surface area contributed by atoms with Gasteiger partial charge in [-0.25, -0.2) is 0 Å². The molecule has 0 unspecified atom stereocenters. The molecule has 0 bridgehead atoms. The zero-order valence-electron chi connectivity index (χ0n) is 14.4. The Morgan fingerprint density at radius 1 is 1.00 bits per heavy atom. The molecule has 0 spiro atoms. The first-order valence-corrected chi connectivity index (χ1v) is 10.3. The lowest BCUT2D eigenvalue weighted by Gasteiger charge is -2.28. The maximum absolute atomic E-state index is 10.2. The summed E-state index contributed by atoms with van der Waals surface area (Å²) < 4.78 is 1.14. The molecule has 0 heterocycles. The lowest BCUT2D eigenvalue weighted by molar-refractivity contribution is 0.638. The Hall–Kier alpha value is -1.63. The number of hydrogen-bond acceptors (Lipinski definition) is 3. The van der Waals surface area contributed by atoms with Crippen LogP contribution in [0.1, 0.15) is 43.2 Å². The lowest BCUT2D eigenvalue weighted by Crippen LogP contribution is -2.27. The maximum atomic E-state index is 10.2. The number of hydrogen-bond donors (Lipinski definition) is 0. The standard InChI is InChI=1S/C22H23NS2/c23-17-22(19-11-3-1-4-12-19,20-13-5-2-6-14-20)15-16-25-21(24)18-9-7-8-10-18/h1-6,11-14,18H,7-10,15-16H2. The first kappa shape index (κ1) is 18.2. The largest absolute Gasteiger partial charge is 0.197 e. The van der Waals surface area contributed by atoms with Gasteiger partial charge in [-0.05, 0) is 30.4 Å². The molecule has 1 nitrogen and oxygen atoms in total. The third-order valence-corrected chi connectivity index (χ3v) is 6.85. The zero-order valence-corrected chi connectivity index (χ0v) is 16.0. The lowest BCUT2D eigenvalue weighted by atomic mass is 9.74. The second kappa shape index (κ2) is 8.65. The predicted octanol–water partition coefficient (Wildman–Crippen LogP) is 6.14. The van der Waals surface area contributed by atoms with Gasteiger partial charge in [-0.3, -0.25) is 0 Å². The molecule has 3 heteroatoms. The maximum Gasteiger partial charge on any atom is 0.108 e. The van der Waals surface area contributed by atoms with E-state index in [4.69, 9.17) is 12.2 Å². The summed E-state index contributed by atoms with van der Waals surface area (Å²) in [5.74, 6) is 1.48. The Labute approximate surface area is 160 Å². The molecule has 1 aliphatic rings. The number of thioether (sulfide) groups is 1. The fraction of sp³-hybridized carbons (Fsp3) is 0.364. The Morgan fingerprint density at radius 3 is 2.00 bits per heavy atom. The van der Waals surface area contributed by atoms with Crippen molar-refractivity contribution in [2.24, 2.45) is 5.92 Å². The van der Waals surface area contributed by atoms with Gasteiger partial charge < -0.3 is 0 Å². The fourth-order valence-corrected chi connectivity index (χ4v) is 5.24. The highest BCUT2D eigenvalue weighted by Gasteiger charge is 2.34. The summed E-state index contributed by atoms with van der Waals surface area (Å²) in [5, 5.41) is 10.2. The van der Waals surface area contributed by atoms with Crippen LogP contribution in [-0.4, -0.2) is 9.95 Å². The molecular formula is C22H23NS2. The molecule has 3 rings (SSSR count). The van der Waals surface area contributed by atoms with E-state index >= 15 is 0 Å². The average molecular weight is 366 g/mol. The molecule has 25 heavy (non-hydrogen) atoms. The summed E-state index contributed by atoms with van der Waals surface area (Å²) in [4.78, 5) is 0. The molecule has 1 aliphatic carbocycles. The monoisotopic (exact) mass is 365 g/mol. The summed E-state index contributed by atoms with van der Waals surface area (Å²) in [7, 11) is 0. The Bertz CT molecular complexity index is 688. The Kier molecular flexibility index (Phi) is 6.29. The molecule has 0 N–H and O–H groups in total. The number of nitrogens with zero attached hydrogens (tertiary/aromatic N) is 1. The van der Waals surface area contributed by atoms with Crippen LogP contribution in [0.25, 0.3) is 0 Å². The van der Waals surface area contributed by atoms with Gasteiger partial charge in [0.05, 0.1) is 10.3 Å². The topological polar surface area (TPSA) is 23.8 Å². The molecule has 1 fully saturated rings. The molecule has 0 atom stereocenters. The van der Waals surface area contributed by atoms with E-state index < -0.39 is 5.41 Å². The van der Waals surface area contributed by atoms with E-state index in [1.165, 1.54) is 25.7 Å². The van der Waals surface area contributed by atoms with Crippen molar-refractivity contribution in [1.82, 2.24) is 0 Å². The quantitative estimate of drug-likeness (QED) is 0.575. The molecule has 2 aromatic carbocycles. The van der Waals surface area contributed by atoms with E-state index in [1.807, 2.05) is 36.4 Å². The smallest absolute Gasteiger partial charge is 0.108 e. The molecule has 128 valence electrons. The predicted molar refractivity (Wildman–Crippen MR) is 111 cm³/mol. The molecule has 1 saturated carbocycles. The van der Waals surface area contributed by atoms with Crippen LogP contribution in [0.5, 0.6) is 0 Å². The molecule has 0 aliphatic heterocycles. The summed E-state index contributed by atoms with van der Waals surface area (Å²) in [6.45, 7) is 0. The summed E-state index contributed by atoms with van der Waals surface area (Å²) in [6, 6.07) is 23.0. The van der Waals surface area contributed by atoms with Crippen molar-refractivity contribution >= 4 is 28.2 Å². The Morgan fingerprint density at radius 2 is 1.52 bits per heavy atom. The van der Waals surface area contributed by atoms with Gasteiger partial charge in [-0.15, -0.1) is 11.8 Å². The van der Waals surface area contributed by atoms with Gasteiger partial charge in [0.2, 0.25) is 0 Å². The minimum atomic E-state index is -0.610. The van der Waals surface area contributed by atoms with E-state index in [1.54, 1.807) is 11.8 Å². The summed E-state index contributed by atoms with van der Waals surface area (Å²) >= 11 is 7.44. The van der Waals surface area contributed by atoms with Crippen molar-refractivity contribution in [2.45, 2.75) is 37.5 Å². The number of thiocarbonyl (C=S) groups is 1. The van der Waals surface area contributed by atoms with Crippen LogP contribution in [-0.2, 0) is 5.41 Å². The second-order valence-corrected chi connectivity index (χ2v) is 8.48. The second-order valence-electron chi connectivity index (χ2n) is 6.65. The van der Waals surface area contributed by atoms with Crippen LogP contribution >= 0.6 is 24.0 Å². The zero-order chi connectivity index (χ0) is 17.5. The third-order valence-electron chi connectivity index (χ3n) is 5.13. The number of rotatable bonds is 6. The molecule has 0 saturated heterocycles. The van der Waals surface area contributed by atoms with Gasteiger partial charge in [0, 0.05) is 11.7 Å². The van der Waals surface area contributed by atoms with Gasteiger partial charge in [-0.2, -0.15) is 5.26 Å². The van der Waals surface area contributed by atoms with Crippen molar-refractivity contribution in [1.29, 1.82) is 5.26 Å². The highest BCUT2D eigenvalue weighted by molar-refractivity contribution is 8.23. The summed E-state index contributed by atoms with van der Waals surface area (Å²) in [6.07, 6.45) is 5.87. The third kappa shape index (κ3) is 4.14. The van der Waals surface area contributed by atoms with Crippen LogP contribution in [0.2, 0.25) is 0 Å². The number of benzene rings is 2. The molecule has 2 aromatic rings. The molecular weight excluding hydrogens is 342 g/mol. The molecule has 0 aromatic heterocycles. The summed E-state index contributed by atoms with van der Waals surface area (Å²) in [5.41, 5.74) is 1.52. The van der Waals surface area contributed by atoms with E-state index in [2.05, 4.69) is 30.3 Å². The van der Waals surface area contributed by atoms with Crippen molar-refractivity contribution < 1.29 is 0 Å². The van der Waals surface area contributed by atoms with Gasteiger partial charge >= 0.3 is 0 Å². The van der Waals surface area contributed by atoms with Crippen molar-refractivity contribution in [3.8, 4) is 6.07 Å².